The lowest BCUT2D eigenvalue weighted by atomic mass is 10.1. The second-order valence-electron chi connectivity index (χ2n) is 7.27. The van der Waals surface area contributed by atoms with E-state index < -0.39 is 10.0 Å². The number of nitrogens with zero attached hydrogens (tertiary/aromatic N) is 3. The molecular formula is C19H33IN4O3S. The standard InChI is InChI=1S/C19H32N4O3S.HI/c1-15(2)23(5)27(24,25)18-8-6-16(7-9-18)12-21-19(20-3)22(4)13-17-10-11-26-14-17;/h6-9,15,17H,10-14H2,1-5H3,(H,20,21);1H. The molecule has 1 heterocycles. The van der Waals surface area contributed by atoms with E-state index in [0.29, 0.717) is 17.4 Å². The molecule has 1 N–H and O–H groups in total. The number of halogens is 1. The molecule has 28 heavy (non-hydrogen) atoms. The van der Waals surface area contributed by atoms with Crippen molar-refractivity contribution in [2.75, 3.05) is 40.9 Å². The molecule has 0 spiro atoms. The first-order valence-corrected chi connectivity index (χ1v) is 10.8. The zero-order valence-corrected chi connectivity index (χ0v) is 20.5. The van der Waals surface area contributed by atoms with Crippen LogP contribution in [-0.4, -0.2) is 70.5 Å². The highest BCUT2D eigenvalue weighted by molar-refractivity contribution is 14.0. The van der Waals surface area contributed by atoms with Gasteiger partial charge in [-0.05, 0) is 38.0 Å². The van der Waals surface area contributed by atoms with Gasteiger partial charge in [-0.25, -0.2) is 8.42 Å². The van der Waals surface area contributed by atoms with Crippen LogP contribution in [-0.2, 0) is 21.3 Å². The number of nitrogens with one attached hydrogen (secondary N) is 1. The van der Waals surface area contributed by atoms with Crippen LogP contribution in [0.2, 0.25) is 0 Å². The van der Waals surface area contributed by atoms with Crippen molar-refractivity contribution in [2.45, 2.75) is 37.8 Å². The van der Waals surface area contributed by atoms with Gasteiger partial charge in [0.1, 0.15) is 0 Å². The van der Waals surface area contributed by atoms with Crippen molar-refractivity contribution in [3.8, 4) is 0 Å². The van der Waals surface area contributed by atoms with Gasteiger partial charge in [0, 0.05) is 52.8 Å². The maximum Gasteiger partial charge on any atom is 0.243 e. The summed E-state index contributed by atoms with van der Waals surface area (Å²) in [6, 6.07) is 6.92. The normalized spacial score (nSPS) is 17.7. The highest BCUT2D eigenvalue weighted by atomic mass is 127. The molecule has 0 radical (unpaired) electrons. The number of aliphatic imine (C=N–C) groups is 1. The topological polar surface area (TPSA) is 74.2 Å². The quantitative estimate of drug-likeness (QED) is 0.337. The number of hydrogen-bond donors (Lipinski definition) is 1. The predicted octanol–water partition coefficient (Wildman–Crippen LogP) is 2.38. The van der Waals surface area contributed by atoms with E-state index in [1.54, 1.807) is 26.2 Å². The van der Waals surface area contributed by atoms with E-state index in [-0.39, 0.29) is 30.0 Å². The smallest absolute Gasteiger partial charge is 0.243 e. The van der Waals surface area contributed by atoms with Crippen LogP contribution in [0, 0.1) is 5.92 Å². The molecule has 9 heteroatoms. The van der Waals surface area contributed by atoms with Gasteiger partial charge in [-0.2, -0.15) is 4.31 Å². The largest absolute Gasteiger partial charge is 0.381 e. The Morgan fingerprint density at radius 1 is 1.29 bits per heavy atom. The number of ether oxygens (including phenoxy) is 1. The van der Waals surface area contributed by atoms with Crippen molar-refractivity contribution in [2.24, 2.45) is 10.9 Å². The second-order valence-corrected chi connectivity index (χ2v) is 9.27. The third-order valence-electron chi connectivity index (χ3n) is 4.91. The average molecular weight is 524 g/mol. The van der Waals surface area contributed by atoms with E-state index in [2.05, 4.69) is 15.2 Å². The fraction of sp³-hybridized carbons (Fsp3) is 0.632. The van der Waals surface area contributed by atoms with Crippen LogP contribution >= 0.6 is 24.0 Å². The van der Waals surface area contributed by atoms with Crippen molar-refractivity contribution in [1.29, 1.82) is 0 Å². The van der Waals surface area contributed by atoms with Crippen molar-refractivity contribution in [1.82, 2.24) is 14.5 Å². The van der Waals surface area contributed by atoms with E-state index >= 15 is 0 Å². The van der Waals surface area contributed by atoms with Crippen LogP contribution in [0.5, 0.6) is 0 Å². The van der Waals surface area contributed by atoms with Crippen LogP contribution < -0.4 is 5.32 Å². The van der Waals surface area contributed by atoms with Gasteiger partial charge in [-0.3, -0.25) is 4.99 Å². The van der Waals surface area contributed by atoms with Gasteiger partial charge in [0.15, 0.2) is 5.96 Å². The lowest BCUT2D eigenvalue weighted by molar-refractivity contribution is 0.181. The Morgan fingerprint density at radius 2 is 1.93 bits per heavy atom. The van der Waals surface area contributed by atoms with Crippen molar-refractivity contribution in [3.63, 3.8) is 0 Å². The zero-order valence-electron chi connectivity index (χ0n) is 17.4. The number of benzene rings is 1. The lowest BCUT2D eigenvalue weighted by Crippen LogP contribution is -2.41. The minimum atomic E-state index is -3.45. The molecule has 0 bridgehead atoms. The molecule has 1 saturated heterocycles. The Balaban J connectivity index is 0.00000392. The van der Waals surface area contributed by atoms with E-state index in [1.165, 1.54) is 4.31 Å². The summed E-state index contributed by atoms with van der Waals surface area (Å²) in [6.45, 7) is 6.84. The maximum atomic E-state index is 12.5. The molecule has 1 aliphatic rings. The van der Waals surface area contributed by atoms with Crippen LogP contribution in [0.15, 0.2) is 34.2 Å². The summed E-state index contributed by atoms with van der Waals surface area (Å²) in [7, 11) is 1.94. The van der Waals surface area contributed by atoms with Crippen molar-refractivity contribution >= 4 is 40.0 Å². The number of sulfonamides is 1. The molecule has 1 fully saturated rings. The molecule has 1 unspecified atom stereocenters. The van der Waals surface area contributed by atoms with Crippen LogP contribution in [0.3, 0.4) is 0 Å². The van der Waals surface area contributed by atoms with Gasteiger partial charge in [-0.1, -0.05) is 12.1 Å². The van der Waals surface area contributed by atoms with Gasteiger partial charge < -0.3 is 15.0 Å². The summed E-state index contributed by atoms with van der Waals surface area (Å²) in [4.78, 5) is 6.75. The first-order valence-electron chi connectivity index (χ1n) is 9.32. The number of guanidine groups is 1. The zero-order chi connectivity index (χ0) is 20.0. The van der Waals surface area contributed by atoms with E-state index in [0.717, 1.165) is 37.7 Å². The summed E-state index contributed by atoms with van der Waals surface area (Å²) >= 11 is 0. The van der Waals surface area contributed by atoms with Crippen LogP contribution in [0.4, 0.5) is 0 Å². The van der Waals surface area contributed by atoms with Crippen molar-refractivity contribution < 1.29 is 13.2 Å². The summed E-state index contributed by atoms with van der Waals surface area (Å²) in [5, 5.41) is 3.33. The van der Waals surface area contributed by atoms with Crippen molar-refractivity contribution in [3.05, 3.63) is 29.8 Å². The molecular weight excluding hydrogens is 491 g/mol. The molecule has 0 saturated carbocycles. The molecule has 1 aliphatic heterocycles. The SMILES string of the molecule is CN=C(NCc1ccc(S(=O)(=O)N(C)C(C)C)cc1)N(C)CC1CCOC1.I. The third kappa shape index (κ3) is 6.57. The van der Waals surface area contributed by atoms with Gasteiger partial charge in [0.25, 0.3) is 0 Å². The Morgan fingerprint density at radius 3 is 2.43 bits per heavy atom. The van der Waals surface area contributed by atoms with Gasteiger partial charge >= 0.3 is 0 Å². The molecule has 0 aliphatic carbocycles. The molecule has 160 valence electrons. The molecule has 7 nitrogen and oxygen atoms in total. The molecule has 1 aromatic rings. The number of rotatable bonds is 7. The minimum absolute atomic E-state index is 0. The molecule has 0 amide bonds. The highest BCUT2D eigenvalue weighted by Gasteiger charge is 2.23. The molecule has 1 atom stereocenters. The first-order chi connectivity index (χ1) is 12.8. The summed E-state index contributed by atoms with van der Waals surface area (Å²) in [6.07, 6.45) is 1.09. The number of hydrogen-bond acceptors (Lipinski definition) is 4. The van der Waals surface area contributed by atoms with Gasteiger partial charge in [0.05, 0.1) is 11.5 Å². The van der Waals surface area contributed by atoms with E-state index in [4.69, 9.17) is 4.74 Å². The van der Waals surface area contributed by atoms with Gasteiger partial charge in [-0.15, -0.1) is 24.0 Å². The van der Waals surface area contributed by atoms with Crippen LogP contribution in [0.1, 0.15) is 25.8 Å². The molecule has 1 aromatic carbocycles. The monoisotopic (exact) mass is 524 g/mol. The Labute approximate surface area is 186 Å². The lowest BCUT2D eigenvalue weighted by Gasteiger charge is -2.24. The minimum Gasteiger partial charge on any atom is -0.381 e. The fourth-order valence-electron chi connectivity index (χ4n) is 2.99. The Bertz CT molecular complexity index is 732. The Hall–Kier alpha value is -0.910. The van der Waals surface area contributed by atoms with Gasteiger partial charge in [0.2, 0.25) is 10.0 Å². The first kappa shape index (κ1) is 25.1. The van der Waals surface area contributed by atoms with E-state index in [9.17, 15) is 8.42 Å². The second kappa shape index (κ2) is 11.3. The Kier molecular flexibility index (Phi) is 10.2. The third-order valence-corrected chi connectivity index (χ3v) is 6.96. The van der Waals surface area contributed by atoms with E-state index in [1.807, 2.05) is 33.0 Å². The predicted molar refractivity (Wildman–Crippen MR) is 124 cm³/mol. The highest BCUT2D eigenvalue weighted by Crippen LogP contribution is 2.17. The summed E-state index contributed by atoms with van der Waals surface area (Å²) in [5.74, 6) is 1.36. The summed E-state index contributed by atoms with van der Waals surface area (Å²) in [5.41, 5.74) is 1.000. The fourth-order valence-corrected chi connectivity index (χ4v) is 4.36. The molecule has 0 aromatic heterocycles. The summed E-state index contributed by atoms with van der Waals surface area (Å²) < 4.78 is 31.9. The molecule has 2 rings (SSSR count). The average Bonchev–Trinajstić information content (AvgIpc) is 3.14. The van der Waals surface area contributed by atoms with Crippen LogP contribution in [0.25, 0.3) is 0 Å². The maximum absolute atomic E-state index is 12.5.